The van der Waals surface area contributed by atoms with Gasteiger partial charge in [-0.15, -0.1) is 13.2 Å². The highest BCUT2D eigenvalue weighted by Crippen LogP contribution is 2.44. The van der Waals surface area contributed by atoms with Crippen molar-refractivity contribution in [3.63, 3.8) is 0 Å². The largest absolute Gasteiger partial charge is 0.573 e. The molecular weight excluding hydrogens is 413 g/mol. The van der Waals surface area contributed by atoms with E-state index in [2.05, 4.69) is 24.7 Å². The van der Waals surface area contributed by atoms with Gasteiger partial charge in [-0.3, -0.25) is 9.97 Å². The van der Waals surface area contributed by atoms with Gasteiger partial charge in [0.05, 0.1) is 29.9 Å². The third-order valence-electron chi connectivity index (χ3n) is 4.82. The van der Waals surface area contributed by atoms with E-state index in [9.17, 15) is 23.4 Å². The summed E-state index contributed by atoms with van der Waals surface area (Å²) in [5.41, 5.74) is -0.548. The highest BCUT2D eigenvalue weighted by molar-refractivity contribution is 5.58. The molecule has 3 aromatic rings. The van der Waals surface area contributed by atoms with Crippen molar-refractivity contribution >= 4 is 0 Å². The van der Waals surface area contributed by atoms with Crippen LogP contribution in [0.4, 0.5) is 13.2 Å². The molecule has 0 spiro atoms. The molecule has 0 bridgehead atoms. The predicted octanol–water partition coefficient (Wildman–Crippen LogP) is 3.61. The molecule has 2 N–H and O–H groups in total. The van der Waals surface area contributed by atoms with Crippen molar-refractivity contribution in [1.29, 1.82) is 0 Å². The number of nitrogens with zero attached hydrogens (tertiary/aromatic N) is 4. The van der Waals surface area contributed by atoms with Gasteiger partial charge in [0.15, 0.2) is 0 Å². The van der Waals surface area contributed by atoms with Crippen molar-refractivity contribution in [3.8, 4) is 17.0 Å². The maximum absolute atomic E-state index is 12.3. The normalized spacial score (nSPS) is 14.2. The van der Waals surface area contributed by atoms with E-state index in [4.69, 9.17) is 0 Å². The van der Waals surface area contributed by atoms with Crippen molar-refractivity contribution in [2.45, 2.75) is 39.3 Å². The number of alkyl halides is 3. The van der Waals surface area contributed by atoms with Gasteiger partial charge in [-0.2, -0.15) is 0 Å². The number of aromatic nitrogens is 4. The lowest BCUT2D eigenvalue weighted by molar-refractivity contribution is -0.274. The summed E-state index contributed by atoms with van der Waals surface area (Å²) in [5, 5.41) is 21.4. The van der Waals surface area contributed by atoms with Crippen LogP contribution in [0.15, 0.2) is 49.2 Å². The minimum atomic E-state index is -4.79. The predicted molar refractivity (Wildman–Crippen MR) is 105 cm³/mol. The summed E-state index contributed by atoms with van der Waals surface area (Å²) >= 11 is 0. The fourth-order valence-electron chi connectivity index (χ4n) is 3.21. The Morgan fingerprint density at radius 2 is 1.68 bits per heavy atom. The first-order chi connectivity index (χ1) is 14.5. The first kappa shape index (κ1) is 22.6. The monoisotopic (exact) mass is 434 g/mol. The molecule has 0 amide bonds. The molecule has 3 rings (SSSR count). The quantitative estimate of drug-likeness (QED) is 0.633. The molecule has 164 valence electrons. The molecule has 0 aliphatic carbocycles. The Kier molecular flexibility index (Phi) is 5.97. The summed E-state index contributed by atoms with van der Waals surface area (Å²) in [6.07, 6.45) is 0.364. The van der Waals surface area contributed by atoms with Gasteiger partial charge in [0.1, 0.15) is 17.7 Å². The first-order valence-corrected chi connectivity index (χ1v) is 9.27. The molecule has 7 nitrogen and oxygen atoms in total. The number of aliphatic hydroxyl groups is 2. The van der Waals surface area contributed by atoms with Crippen LogP contribution in [-0.4, -0.2) is 36.5 Å². The molecule has 1 atom stereocenters. The van der Waals surface area contributed by atoms with Gasteiger partial charge in [0.2, 0.25) is 0 Å². The molecule has 0 aliphatic rings. The smallest absolute Gasteiger partial charge is 0.404 e. The fourth-order valence-corrected chi connectivity index (χ4v) is 3.21. The Bertz CT molecular complexity index is 1040. The standard InChI is InChI=1S/C21H21F3N4O3/c1-19(2,3)20(30,15-10-25-12-28-17(15)11-29)18-7-4-13(8-27-18)16-6-5-14(9-26-16)31-21(22,23)24/h4-10,12,29-30H,11H2,1-3H3. The second-order valence-electron chi connectivity index (χ2n) is 7.86. The zero-order valence-electron chi connectivity index (χ0n) is 17.1. The van der Waals surface area contributed by atoms with E-state index >= 15 is 0 Å². The van der Waals surface area contributed by atoms with Crippen LogP contribution in [-0.2, 0) is 12.2 Å². The SMILES string of the molecule is CC(C)(C)C(O)(c1ccc(-c2ccc(OC(F)(F)F)cn2)cn1)c1cncnc1CO. The molecule has 0 saturated heterocycles. The Morgan fingerprint density at radius 3 is 2.19 bits per heavy atom. The molecule has 1 unspecified atom stereocenters. The number of hydrogen-bond acceptors (Lipinski definition) is 7. The van der Waals surface area contributed by atoms with E-state index in [1.54, 1.807) is 12.1 Å². The minimum Gasteiger partial charge on any atom is -0.404 e. The highest BCUT2D eigenvalue weighted by atomic mass is 19.4. The van der Waals surface area contributed by atoms with E-state index < -0.39 is 23.1 Å². The third kappa shape index (κ3) is 4.64. The Hall–Kier alpha value is -3.11. The first-order valence-electron chi connectivity index (χ1n) is 9.27. The number of pyridine rings is 2. The van der Waals surface area contributed by atoms with Crippen molar-refractivity contribution < 1.29 is 28.1 Å². The van der Waals surface area contributed by atoms with Gasteiger partial charge in [-0.05, 0) is 24.3 Å². The van der Waals surface area contributed by atoms with Crippen molar-refractivity contribution in [3.05, 3.63) is 66.1 Å². The van der Waals surface area contributed by atoms with Crippen LogP contribution in [0.25, 0.3) is 11.3 Å². The lowest BCUT2D eigenvalue weighted by Crippen LogP contribution is -2.43. The van der Waals surface area contributed by atoms with E-state index in [-0.39, 0.29) is 12.3 Å². The van der Waals surface area contributed by atoms with Gasteiger partial charge in [0, 0.05) is 28.9 Å². The Balaban J connectivity index is 1.98. The molecule has 0 aromatic carbocycles. The fraction of sp³-hybridized carbons (Fsp3) is 0.333. The highest BCUT2D eigenvalue weighted by Gasteiger charge is 2.46. The number of halogens is 3. The van der Waals surface area contributed by atoms with Crippen molar-refractivity contribution in [1.82, 2.24) is 19.9 Å². The lowest BCUT2D eigenvalue weighted by atomic mass is 9.70. The second-order valence-corrected chi connectivity index (χ2v) is 7.86. The van der Waals surface area contributed by atoms with E-state index in [0.29, 0.717) is 22.5 Å². The zero-order valence-corrected chi connectivity index (χ0v) is 17.1. The topological polar surface area (TPSA) is 101 Å². The summed E-state index contributed by atoms with van der Waals surface area (Å²) in [5.74, 6) is -0.427. The number of hydrogen-bond donors (Lipinski definition) is 2. The van der Waals surface area contributed by atoms with Crippen LogP contribution in [0.1, 0.15) is 37.7 Å². The zero-order chi connectivity index (χ0) is 22.9. The maximum atomic E-state index is 12.3. The molecule has 0 aliphatic heterocycles. The number of aliphatic hydroxyl groups excluding tert-OH is 1. The molecule has 0 fully saturated rings. The Morgan fingerprint density at radius 1 is 0.935 bits per heavy atom. The van der Waals surface area contributed by atoms with Gasteiger partial charge < -0.3 is 14.9 Å². The van der Waals surface area contributed by atoms with Crippen LogP contribution in [0.3, 0.4) is 0 Å². The van der Waals surface area contributed by atoms with Gasteiger partial charge in [-0.25, -0.2) is 9.97 Å². The maximum Gasteiger partial charge on any atom is 0.573 e. The average Bonchev–Trinajstić information content (AvgIpc) is 2.72. The minimum absolute atomic E-state index is 0.278. The van der Waals surface area contributed by atoms with Gasteiger partial charge >= 0.3 is 6.36 Å². The average molecular weight is 434 g/mol. The summed E-state index contributed by atoms with van der Waals surface area (Å²) in [4.78, 5) is 16.4. The van der Waals surface area contributed by atoms with E-state index in [1.165, 1.54) is 24.8 Å². The number of ether oxygens (including phenoxy) is 1. The van der Waals surface area contributed by atoms with Gasteiger partial charge in [0.25, 0.3) is 0 Å². The summed E-state index contributed by atoms with van der Waals surface area (Å²) in [6, 6.07) is 5.78. The number of rotatable bonds is 5. The second kappa shape index (κ2) is 8.20. The van der Waals surface area contributed by atoms with E-state index in [0.717, 1.165) is 12.3 Å². The molecule has 3 heterocycles. The summed E-state index contributed by atoms with van der Waals surface area (Å²) < 4.78 is 40.7. The van der Waals surface area contributed by atoms with Crippen LogP contribution >= 0.6 is 0 Å². The summed E-state index contributed by atoms with van der Waals surface area (Å²) in [7, 11) is 0. The molecular formula is C21H21F3N4O3. The van der Waals surface area contributed by atoms with Crippen LogP contribution < -0.4 is 4.74 Å². The molecule has 0 saturated carbocycles. The Labute approximate surface area is 176 Å². The van der Waals surface area contributed by atoms with Crippen molar-refractivity contribution in [2.75, 3.05) is 0 Å². The lowest BCUT2D eigenvalue weighted by Gasteiger charge is -2.40. The molecule has 31 heavy (non-hydrogen) atoms. The van der Waals surface area contributed by atoms with Crippen molar-refractivity contribution in [2.24, 2.45) is 5.41 Å². The third-order valence-corrected chi connectivity index (χ3v) is 4.82. The molecule has 10 heteroatoms. The van der Waals surface area contributed by atoms with E-state index in [1.807, 2.05) is 20.8 Å². The van der Waals surface area contributed by atoms with Crippen LogP contribution in [0.2, 0.25) is 0 Å². The molecule has 3 aromatic heterocycles. The van der Waals surface area contributed by atoms with Crippen LogP contribution in [0, 0.1) is 5.41 Å². The summed E-state index contributed by atoms with van der Waals surface area (Å²) in [6.45, 7) is 5.07. The molecule has 0 radical (unpaired) electrons. The van der Waals surface area contributed by atoms with Gasteiger partial charge in [-0.1, -0.05) is 20.8 Å². The van der Waals surface area contributed by atoms with Crippen LogP contribution in [0.5, 0.6) is 5.75 Å².